The average molecular weight is 280 g/mol. The molecule has 4 atom stereocenters. The molecule has 2 rings (SSSR count). The Morgan fingerprint density at radius 2 is 1.90 bits per heavy atom. The first-order chi connectivity index (χ1) is 9.41. The summed E-state index contributed by atoms with van der Waals surface area (Å²) in [7, 11) is 0. The second-order valence-corrected chi connectivity index (χ2v) is 7.70. The van der Waals surface area contributed by atoms with E-state index >= 15 is 0 Å². The number of hydrogen-bond acceptors (Lipinski definition) is 2. The van der Waals surface area contributed by atoms with Crippen LogP contribution < -0.4 is 10.6 Å². The van der Waals surface area contributed by atoms with Gasteiger partial charge in [0.15, 0.2) is 0 Å². The fourth-order valence-electron chi connectivity index (χ4n) is 3.70. The number of nitrogens with one attached hydrogen (secondary N) is 2. The third-order valence-electron chi connectivity index (χ3n) is 5.84. The van der Waals surface area contributed by atoms with Gasteiger partial charge in [-0.15, -0.1) is 0 Å². The van der Waals surface area contributed by atoms with Crippen LogP contribution in [0.3, 0.4) is 0 Å². The summed E-state index contributed by atoms with van der Waals surface area (Å²) in [5.74, 6) is 2.27. The zero-order valence-corrected chi connectivity index (χ0v) is 13.7. The quantitative estimate of drug-likeness (QED) is 0.834. The molecular weight excluding hydrogens is 248 g/mol. The largest absolute Gasteiger partial charge is 0.353 e. The minimum atomic E-state index is -0.250. The maximum Gasteiger partial charge on any atom is 0.226 e. The van der Waals surface area contributed by atoms with Crippen LogP contribution in [0.25, 0.3) is 0 Å². The van der Waals surface area contributed by atoms with Crippen LogP contribution in [-0.2, 0) is 4.79 Å². The third kappa shape index (κ3) is 3.55. The van der Waals surface area contributed by atoms with Crippen molar-refractivity contribution in [3.05, 3.63) is 0 Å². The molecule has 0 spiro atoms. The van der Waals surface area contributed by atoms with E-state index in [4.69, 9.17) is 0 Å². The van der Waals surface area contributed by atoms with Crippen molar-refractivity contribution >= 4 is 5.91 Å². The number of hydrogen-bond donors (Lipinski definition) is 2. The molecule has 4 unspecified atom stereocenters. The van der Waals surface area contributed by atoms with Crippen LogP contribution in [0.5, 0.6) is 0 Å². The van der Waals surface area contributed by atoms with Crippen molar-refractivity contribution in [2.45, 2.75) is 65.8 Å². The fraction of sp³-hybridized carbons (Fsp3) is 0.941. The number of piperidine rings is 1. The third-order valence-corrected chi connectivity index (χ3v) is 5.84. The van der Waals surface area contributed by atoms with Gasteiger partial charge in [-0.25, -0.2) is 0 Å². The van der Waals surface area contributed by atoms with E-state index in [1.54, 1.807) is 0 Å². The second kappa shape index (κ2) is 6.46. The van der Waals surface area contributed by atoms with Gasteiger partial charge in [-0.3, -0.25) is 4.79 Å². The van der Waals surface area contributed by atoms with Crippen molar-refractivity contribution in [1.82, 2.24) is 10.6 Å². The molecule has 1 amide bonds. The molecule has 1 aliphatic heterocycles. The summed E-state index contributed by atoms with van der Waals surface area (Å²) in [4.78, 5) is 12.7. The fourth-order valence-corrected chi connectivity index (χ4v) is 3.70. The van der Waals surface area contributed by atoms with Gasteiger partial charge >= 0.3 is 0 Å². The summed E-state index contributed by atoms with van der Waals surface area (Å²) < 4.78 is 0. The smallest absolute Gasteiger partial charge is 0.226 e. The van der Waals surface area contributed by atoms with Crippen LogP contribution in [0.1, 0.15) is 59.8 Å². The van der Waals surface area contributed by atoms with Gasteiger partial charge in [0.1, 0.15) is 0 Å². The Morgan fingerprint density at radius 3 is 2.50 bits per heavy atom. The molecule has 0 aromatic carbocycles. The van der Waals surface area contributed by atoms with Crippen molar-refractivity contribution in [3.63, 3.8) is 0 Å². The zero-order valence-electron chi connectivity index (χ0n) is 13.7. The van der Waals surface area contributed by atoms with E-state index in [1.165, 1.54) is 19.3 Å². The Labute approximate surface area is 124 Å². The highest BCUT2D eigenvalue weighted by Gasteiger charge is 2.38. The molecule has 1 heterocycles. The average Bonchev–Trinajstić information content (AvgIpc) is 2.44. The number of carbonyl (C=O) groups excluding carboxylic acids is 1. The highest BCUT2D eigenvalue weighted by molar-refractivity contribution is 5.82. The first-order valence-electron chi connectivity index (χ1n) is 8.43. The lowest BCUT2D eigenvalue weighted by Crippen LogP contribution is -2.51. The van der Waals surface area contributed by atoms with Gasteiger partial charge in [0, 0.05) is 11.5 Å². The molecule has 1 saturated heterocycles. The molecule has 0 bridgehead atoms. The van der Waals surface area contributed by atoms with Gasteiger partial charge in [0.25, 0.3) is 0 Å². The summed E-state index contributed by atoms with van der Waals surface area (Å²) in [6.45, 7) is 11.0. The standard InChI is InChI=1S/C17H32N2O/c1-12-7-8-15(10-13(12)2)19-16(20)17(3,4)14-6-5-9-18-11-14/h12-15,18H,5-11H2,1-4H3,(H,19,20). The number of rotatable bonds is 3. The van der Waals surface area contributed by atoms with Gasteiger partial charge in [0.05, 0.1) is 0 Å². The number of amides is 1. The second-order valence-electron chi connectivity index (χ2n) is 7.70. The summed E-state index contributed by atoms with van der Waals surface area (Å²) in [6, 6.07) is 0.393. The van der Waals surface area contributed by atoms with E-state index in [0.717, 1.165) is 37.8 Å². The predicted octanol–water partition coefficient (Wildman–Crippen LogP) is 2.95. The Hall–Kier alpha value is -0.570. The molecule has 3 nitrogen and oxygen atoms in total. The van der Waals surface area contributed by atoms with Crippen LogP contribution in [-0.4, -0.2) is 25.0 Å². The lowest BCUT2D eigenvalue weighted by Gasteiger charge is -2.39. The SMILES string of the molecule is CC1CCC(NC(=O)C(C)(C)C2CCCNC2)CC1C. The van der Waals surface area contributed by atoms with Crippen LogP contribution in [0.2, 0.25) is 0 Å². The molecule has 3 heteroatoms. The van der Waals surface area contributed by atoms with Crippen LogP contribution in [0, 0.1) is 23.2 Å². The van der Waals surface area contributed by atoms with E-state index in [1.807, 2.05) is 0 Å². The molecule has 2 aliphatic rings. The van der Waals surface area contributed by atoms with Crippen molar-refractivity contribution < 1.29 is 4.79 Å². The summed E-state index contributed by atoms with van der Waals surface area (Å²) in [5.41, 5.74) is -0.250. The molecular formula is C17H32N2O. The predicted molar refractivity (Wildman–Crippen MR) is 83.5 cm³/mol. The number of carbonyl (C=O) groups is 1. The molecule has 0 aromatic heterocycles. The van der Waals surface area contributed by atoms with Gasteiger partial charge in [-0.1, -0.05) is 27.7 Å². The highest BCUT2D eigenvalue weighted by Crippen LogP contribution is 2.34. The van der Waals surface area contributed by atoms with E-state index in [-0.39, 0.29) is 11.3 Å². The molecule has 20 heavy (non-hydrogen) atoms. The summed E-state index contributed by atoms with van der Waals surface area (Å²) in [6.07, 6.45) is 5.91. The summed E-state index contributed by atoms with van der Waals surface area (Å²) >= 11 is 0. The van der Waals surface area contributed by atoms with Gasteiger partial charge in [0.2, 0.25) is 5.91 Å². The lowest BCUT2D eigenvalue weighted by atomic mass is 9.73. The molecule has 0 radical (unpaired) electrons. The van der Waals surface area contributed by atoms with Gasteiger partial charge < -0.3 is 10.6 Å². The Morgan fingerprint density at radius 1 is 1.15 bits per heavy atom. The van der Waals surface area contributed by atoms with Crippen molar-refractivity contribution in [3.8, 4) is 0 Å². The minimum absolute atomic E-state index is 0.250. The van der Waals surface area contributed by atoms with Gasteiger partial charge in [-0.2, -0.15) is 0 Å². The monoisotopic (exact) mass is 280 g/mol. The van der Waals surface area contributed by atoms with Gasteiger partial charge in [-0.05, 0) is 62.9 Å². The van der Waals surface area contributed by atoms with Crippen LogP contribution in [0.4, 0.5) is 0 Å². The van der Waals surface area contributed by atoms with E-state index in [9.17, 15) is 4.79 Å². The first kappa shape index (κ1) is 15.8. The molecule has 2 fully saturated rings. The summed E-state index contributed by atoms with van der Waals surface area (Å²) in [5, 5.41) is 6.77. The van der Waals surface area contributed by atoms with E-state index < -0.39 is 0 Å². The van der Waals surface area contributed by atoms with Crippen molar-refractivity contribution in [2.24, 2.45) is 23.2 Å². The normalized spacial score (nSPS) is 35.6. The Kier molecular flexibility index (Phi) is 5.11. The van der Waals surface area contributed by atoms with Crippen LogP contribution in [0.15, 0.2) is 0 Å². The van der Waals surface area contributed by atoms with E-state index in [2.05, 4.69) is 38.3 Å². The molecule has 2 N–H and O–H groups in total. The minimum Gasteiger partial charge on any atom is -0.353 e. The Bertz CT molecular complexity index is 334. The molecule has 1 aliphatic carbocycles. The lowest BCUT2D eigenvalue weighted by molar-refractivity contribution is -0.133. The van der Waals surface area contributed by atoms with Crippen molar-refractivity contribution in [2.75, 3.05) is 13.1 Å². The van der Waals surface area contributed by atoms with Crippen LogP contribution >= 0.6 is 0 Å². The molecule has 116 valence electrons. The zero-order chi connectivity index (χ0) is 14.8. The Balaban J connectivity index is 1.89. The maximum atomic E-state index is 12.7. The highest BCUT2D eigenvalue weighted by atomic mass is 16.2. The van der Waals surface area contributed by atoms with E-state index in [0.29, 0.717) is 12.0 Å². The molecule has 1 saturated carbocycles. The van der Waals surface area contributed by atoms with Crippen molar-refractivity contribution in [1.29, 1.82) is 0 Å². The maximum absolute atomic E-state index is 12.7. The first-order valence-corrected chi connectivity index (χ1v) is 8.43. The topological polar surface area (TPSA) is 41.1 Å². The molecule has 0 aromatic rings.